The molecule has 0 aromatic heterocycles. The average Bonchev–Trinajstić information content (AvgIpc) is 3.62. The Morgan fingerprint density at radius 2 is 1.71 bits per heavy atom. The predicted octanol–water partition coefficient (Wildman–Crippen LogP) is 2.35. The first-order valence-electron chi connectivity index (χ1n) is 14.4. The fourth-order valence-electron chi connectivity index (χ4n) is 6.06. The van der Waals surface area contributed by atoms with Gasteiger partial charge >= 0.3 is 0 Å². The standard InChI is InChI=1S/C33H37N5O4/c1-20(34)31(40)37-28(17-21-8-7-12-24(16-21)30(35)39)33(42)38-19-25(22-9-3-2-4-10-22)18-29(38)32(41)36-27-15-14-23-11-5-6-13-26(23)27/h2-13,16,20,25,27-29H,14-15,17-19,34H2,1H3,(H2,35,39)(H,36,41)(H,37,40). The van der Waals surface area contributed by atoms with Crippen molar-refractivity contribution in [2.45, 2.75) is 62.7 Å². The molecule has 0 radical (unpaired) electrons. The summed E-state index contributed by atoms with van der Waals surface area (Å²) in [4.78, 5) is 54.2. The van der Waals surface area contributed by atoms with Gasteiger partial charge in [0, 0.05) is 24.4 Å². The highest BCUT2D eigenvalue weighted by Crippen LogP contribution is 2.35. The van der Waals surface area contributed by atoms with Gasteiger partial charge in [-0.2, -0.15) is 0 Å². The van der Waals surface area contributed by atoms with Gasteiger partial charge in [-0.1, -0.05) is 66.7 Å². The summed E-state index contributed by atoms with van der Waals surface area (Å²) in [6, 6.07) is 21.9. The summed E-state index contributed by atoms with van der Waals surface area (Å²) in [5.74, 6) is -1.71. The third-order valence-corrected chi connectivity index (χ3v) is 8.29. The van der Waals surface area contributed by atoms with Gasteiger partial charge < -0.3 is 27.0 Å². The van der Waals surface area contributed by atoms with Gasteiger partial charge in [0.05, 0.1) is 12.1 Å². The number of aryl methyl sites for hydroxylation is 1. The van der Waals surface area contributed by atoms with E-state index in [0.29, 0.717) is 24.1 Å². The number of likely N-dealkylation sites (tertiary alicyclic amines) is 1. The van der Waals surface area contributed by atoms with Crippen molar-refractivity contribution in [1.82, 2.24) is 15.5 Å². The number of nitrogens with one attached hydrogen (secondary N) is 2. The number of hydrogen-bond donors (Lipinski definition) is 4. The summed E-state index contributed by atoms with van der Waals surface area (Å²) >= 11 is 0. The van der Waals surface area contributed by atoms with Gasteiger partial charge in [0.15, 0.2) is 0 Å². The molecule has 4 amide bonds. The molecule has 1 aliphatic carbocycles. The third kappa shape index (κ3) is 6.36. The fraction of sp³-hybridized carbons (Fsp3) is 0.333. The van der Waals surface area contributed by atoms with Crippen molar-refractivity contribution in [3.63, 3.8) is 0 Å². The Hall–Kier alpha value is -4.50. The summed E-state index contributed by atoms with van der Waals surface area (Å²) in [5.41, 5.74) is 15.6. The minimum atomic E-state index is -0.997. The van der Waals surface area contributed by atoms with Crippen LogP contribution < -0.4 is 22.1 Å². The van der Waals surface area contributed by atoms with Crippen LogP contribution in [0.2, 0.25) is 0 Å². The quantitative estimate of drug-likeness (QED) is 0.313. The number of rotatable bonds is 9. The predicted molar refractivity (Wildman–Crippen MR) is 159 cm³/mol. The van der Waals surface area contributed by atoms with Crippen LogP contribution >= 0.6 is 0 Å². The maximum absolute atomic E-state index is 14.3. The number of nitrogens with zero attached hydrogens (tertiary/aromatic N) is 1. The lowest BCUT2D eigenvalue weighted by Gasteiger charge is -2.30. The van der Waals surface area contributed by atoms with Crippen molar-refractivity contribution in [2.24, 2.45) is 11.5 Å². The van der Waals surface area contributed by atoms with Crippen LogP contribution in [0.25, 0.3) is 0 Å². The maximum Gasteiger partial charge on any atom is 0.248 e. The van der Waals surface area contributed by atoms with E-state index in [-0.39, 0.29) is 30.2 Å². The lowest BCUT2D eigenvalue weighted by atomic mass is 9.96. The normalized spacial score (nSPS) is 20.8. The number of primary amides is 1. The summed E-state index contributed by atoms with van der Waals surface area (Å²) in [7, 11) is 0. The zero-order valence-corrected chi connectivity index (χ0v) is 23.7. The molecular formula is C33H37N5O4. The number of carbonyl (C=O) groups is 4. The SMILES string of the molecule is CC(N)C(=O)NC(Cc1cccc(C(N)=O)c1)C(=O)N1CC(c2ccccc2)CC1C(=O)NC1CCc2ccccc21. The van der Waals surface area contributed by atoms with Crippen LogP contribution in [-0.4, -0.2) is 53.2 Å². The molecule has 5 unspecified atom stereocenters. The second-order valence-electron chi connectivity index (χ2n) is 11.3. The Labute approximate surface area is 245 Å². The molecule has 6 N–H and O–H groups in total. The molecule has 5 rings (SSSR count). The Morgan fingerprint density at radius 1 is 0.976 bits per heavy atom. The molecule has 9 heteroatoms. The van der Waals surface area contributed by atoms with E-state index in [1.807, 2.05) is 48.5 Å². The highest BCUT2D eigenvalue weighted by Gasteiger charge is 2.43. The molecule has 5 atom stereocenters. The Bertz CT molecular complexity index is 1470. The third-order valence-electron chi connectivity index (χ3n) is 8.29. The second kappa shape index (κ2) is 12.6. The van der Waals surface area contributed by atoms with Crippen molar-refractivity contribution in [3.8, 4) is 0 Å². The molecule has 42 heavy (non-hydrogen) atoms. The van der Waals surface area contributed by atoms with Crippen molar-refractivity contribution in [2.75, 3.05) is 6.54 Å². The summed E-state index contributed by atoms with van der Waals surface area (Å²) in [6.07, 6.45) is 2.25. The first-order chi connectivity index (χ1) is 20.2. The van der Waals surface area contributed by atoms with E-state index in [9.17, 15) is 19.2 Å². The van der Waals surface area contributed by atoms with Gasteiger partial charge in [-0.25, -0.2) is 0 Å². The maximum atomic E-state index is 14.3. The molecule has 0 bridgehead atoms. The molecule has 2 aliphatic rings. The first kappa shape index (κ1) is 29.0. The van der Waals surface area contributed by atoms with Crippen LogP contribution in [0.5, 0.6) is 0 Å². The lowest BCUT2D eigenvalue weighted by Crippen LogP contribution is -2.56. The van der Waals surface area contributed by atoms with E-state index >= 15 is 0 Å². The highest BCUT2D eigenvalue weighted by atomic mass is 16.2. The molecule has 218 valence electrons. The van der Waals surface area contributed by atoms with Gasteiger partial charge in [-0.05, 0) is 60.6 Å². The zero-order valence-electron chi connectivity index (χ0n) is 23.7. The number of hydrogen-bond acceptors (Lipinski definition) is 5. The van der Waals surface area contributed by atoms with Crippen LogP contribution in [0, 0.1) is 0 Å². The van der Waals surface area contributed by atoms with Crippen LogP contribution in [0.3, 0.4) is 0 Å². The van der Waals surface area contributed by atoms with E-state index in [2.05, 4.69) is 16.7 Å². The summed E-state index contributed by atoms with van der Waals surface area (Å²) in [6.45, 7) is 1.87. The Kier molecular flexibility index (Phi) is 8.68. The molecule has 1 fully saturated rings. The molecule has 9 nitrogen and oxygen atoms in total. The van der Waals surface area contributed by atoms with Crippen molar-refractivity contribution in [3.05, 3.63) is 107 Å². The van der Waals surface area contributed by atoms with Crippen LogP contribution in [0.4, 0.5) is 0 Å². The van der Waals surface area contributed by atoms with Gasteiger partial charge in [-0.15, -0.1) is 0 Å². The van der Waals surface area contributed by atoms with E-state index in [1.165, 1.54) is 5.56 Å². The van der Waals surface area contributed by atoms with E-state index in [0.717, 1.165) is 24.0 Å². The van der Waals surface area contributed by atoms with Gasteiger partial charge in [0.1, 0.15) is 12.1 Å². The molecule has 1 saturated heterocycles. The molecular weight excluding hydrogens is 530 g/mol. The number of amides is 4. The topological polar surface area (TPSA) is 148 Å². The van der Waals surface area contributed by atoms with Crippen LogP contribution in [0.1, 0.15) is 64.3 Å². The van der Waals surface area contributed by atoms with Crippen LogP contribution in [-0.2, 0) is 27.2 Å². The minimum absolute atomic E-state index is 0.0512. The zero-order chi connectivity index (χ0) is 29.8. The summed E-state index contributed by atoms with van der Waals surface area (Å²) < 4.78 is 0. The minimum Gasteiger partial charge on any atom is -0.366 e. The lowest BCUT2D eigenvalue weighted by molar-refractivity contribution is -0.141. The number of benzene rings is 3. The van der Waals surface area contributed by atoms with Gasteiger partial charge in [0.2, 0.25) is 23.6 Å². The molecule has 0 saturated carbocycles. The number of nitrogens with two attached hydrogens (primary N) is 2. The van der Waals surface area contributed by atoms with Crippen molar-refractivity contribution >= 4 is 23.6 Å². The second-order valence-corrected chi connectivity index (χ2v) is 11.3. The average molecular weight is 568 g/mol. The smallest absolute Gasteiger partial charge is 0.248 e. The van der Waals surface area contributed by atoms with E-state index in [4.69, 9.17) is 11.5 Å². The Morgan fingerprint density at radius 3 is 2.45 bits per heavy atom. The van der Waals surface area contributed by atoms with Gasteiger partial charge in [0.25, 0.3) is 0 Å². The van der Waals surface area contributed by atoms with E-state index < -0.39 is 29.9 Å². The largest absolute Gasteiger partial charge is 0.366 e. The Balaban J connectivity index is 1.43. The molecule has 3 aromatic rings. The molecule has 1 heterocycles. The fourth-order valence-corrected chi connectivity index (χ4v) is 6.06. The van der Waals surface area contributed by atoms with Crippen molar-refractivity contribution in [1.29, 1.82) is 0 Å². The van der Waals surface area contributed by atoms with E-state index in [1.54, 1.807) is 36.1 Å². The first-order valence-corrected chi connectivity index (χ1v) is 14.4. The van der Waals surface area contributed by atoms with Gasteiger partial charge in [-0.3, -0.25) is 19.2 Å². The van der Waals surface area contributed by atoms with Crippen LogP contribution in [0.15, 0.2) is 78.9 Å². The number of fused-ring (bicyclic) bond motifs is 1. The number of carbonyl (C=O) groups excluding carboxylic acids is 4. The molecule has 3 aromatic carbocycles. The molecule has 1 aliphatic heterocycles. The molecule has 0 spiro atoms. The monoisotopic (exact) mass is 567 g/mol. The summed E-state index contributed by atoms with van der Waals surface area (Å²) in [5, 5.41) is 6.00. The highest BCUT2D eigenvalue weighted by molar-refractivity contribution is 5.94. The van der Waals surface area contributed by atoms with Crippen molar-refractivity contribution < 1.29 is 19.2 Å².